The summed E-state index contributed by atoms with van der Waals surface area (Å²) in [4.78, 5) is 28.0. The van der Waals surface area contributed by atoms with Crippen molar-refractivity contribution in [3.8, 4) is 5.69 Å². The molecule has 0 spiro atoms. The fraction of sp³-hybridized carbons (Fsp3) is 0.414. The van der Waals surface area contributed by atoms with Crippen LogP contribution in [0.5, 0.6) is 0 Å². The lowest BCUT2D eigenvalue weighted by atomic mass is 9.87. The zero-order chi connectivity index (χ0) is 27.9. The number of aryl methyl sites for hydroxylation is 2. The van der Waals surface area contributed by atoms with Crippen LogP contribution in [0.2, 0.25) is 0 Å². The second kappa shape index (κ2) is 10.5. The molecule has 4 rings (SSSR count). The summed E-state index contributed by atoms with van der Waals surface area (Å²) in [5.74, 6) is -1.50. The van der Waals surface area contributed by atoms with Gasteiger partial charge in [0.1, 0.15) is 24.0 Å². The van der Waals surface area contributed by atoms with Crippen molar-refractivity contribution in [2.24, 2.45) is 0 Å². The number of aromatic nitrogens is 2. The Morgan fingerprint density at radius 2 is 1.87 bits per heavy atom. The number of hydrogen-bond donors (Lipinski definition) is 1. The maximum atomic E-state index is 15.2. The molecule has 6 nitrogen and oxygen atoms in total. The van der Waals surface area contributed by atoms with Gasteiger partial charge in [0.25, 0.3) is 0 Å². The number of amides is 2. The van der Waals surface area contributed by atoms with Crippen LogP contribution in [0.4, 0.5) is 14.6 Å². The Kier molecular flexibility index (Phi) is 7.70. The van der Waals surface area contributed by atoms with Crippen molar-refractivity contribution >= 4 is 29.4 Å². The Morgan fingerprint density at radius 1 is 1.16 bits per heavy atom. The molecule has 202 valence electrons. The Hall–Kier alpha value is -3.20. The van der Waals surface area contributed by atoms with Crippen molar-refractivity contribution in [2.75, 3.05) is 17.2 Å². The minimum Gasteiger partial charge on any atom is -0.352 e. The Balaban J connectivity index is 2.06. The number of fused-ring (bicyclic) bond motifs is 1. The maximum absolute atomic E-state index is 15.2. The van der Waals surface area contributed by atoms with Gasteiger partial charge in [-0.1, -0.05) is 44.5 Å². The van der Waals surface area contributed by atoms with Gasteiger partial charge in [-0.2, -0.15) is 5.10 Å². The minimum absolute atomic E-state index is 0.0155. The highest BCUT2D eigenvalue weighted by Crippen LogP contribution is 2.49. The van der Waals surface area contributed by atoms with Gasteiger partial charge in [-0.25, -0.2) is 13.5 Å². The molecule has 0 aliphatic carbocycles. The number of thioether (sulfide) groups is 1. The Bertz CT molecular complexity index is 1390. The zero-order valence-electron chi connectivity index (χ0n) is 22.9. The number of rotatable bonds is 5. The summed E-state index contributed by atoms with van der Waals surface area (Å²) in [6.45, 7) is 13.5. The summed E-state index contributed by atoms with van der Waals surface area (Å²) in [6.07, 6.45) is 0. The predicted octanol–water partition coefficient (Wildman–Crippen LogP) is 5.76. The van der Waals surface area contributed by atoms with E-state index in [0.717, 1.165) is 22.9 Å². The van der Waals surface area contributed by atoms with E-state index in [1.165, 1.54) is 28.8 Å². The van der Waals surface area contributed by atoms with E-state index in [9.17, 15) is 14.0 Å². The first-order valence-electron chi connectivity index (χ1n) is 12.6. The largest absolute Gasteiger partial charge is 0.352 e. The topological polar surface area (TPSA) is 67.2 Å². The first-order valence-corrected chi connectivity index (χ1v) is 13.7. The summed E-state index contributed by atoms with van der Waals surface area (Å²) in [7, 11) is 0. The van der Waals surface area contributed by atoms with Crippen molar-refractivity contribution in [2.45, 2.75) is 65.2 Å². The summed E-state index contributed by atoms with van der Waals surface area (Å²) >= 11 is 1.26. The van der Waals surface area contributed by atoms with E-state index in [2.05, 4.69) is 5.32 Å². The quantitative estimate of drug-likeness (QED) is 0.447. The molecule has 0 saturated heterocycles. The summed E-state index contributed by atoms with van der Waals surface area (Å²) in [5, 5.41) is 7.25. The van der Waals surface area contributed by atoms with Gasteiger partial charge in [0, 0.05) is 28.7 Å². The van der Waals surface area contributed by atoms with Gasteiger partial charge < -0.3 is 5.32 Å². The van der Waals surface area contributed by atoms with Gasteiger partial charge >= 0.3 is 0 Å². The van der Waals surface area contributed by atoms with Gasteiger partial charge in [-0.15, -0.1) is 11.8 Å². The number of halogens is 2. The lowest BCUT2D eigenvalue weighted by Crippen LogP contribution is -2.44. The molecule has 0 bridgehead atoms. The van der Waals surface area contributed by atoms with Crippen LogP contribution in [-0.4, -0.2) is 39.9 Å². The molecule has 2 amide bonds. The van der Waals surface area contributed by atoms with Crippen molar-refractivity contribution < 1.29 is 18.4 Å². The second-order valence-electron chi connectivity index (χ2n) is 11.1. The number of carbonyl (C=O) groups is 2. The van der Waals surface area contributed by atoms with E-state index in [4.69, 9.17) is 5.10 Å². The number of nitrogens with zero attached hydrogens (tertiary/aromatic N) is 3. The SMILES string of the molecule is Cc1ccc(-n2nc(C(C)(C)C)c3c2N(CC(=O)NC(C)C)C(=O)CS[C@H]3c2ccc(F)cc2F)c(C)c1. The van der Waals surface area contributed by atoms with Crippen LogP contribution in [0.15, 0.2) is 36.4 Å². The van der Waals surface area contributed by atoms with Crippen LogP contribution in [0.3, 0.4) is 0 Å². The maximum Gasteiger partial charge on any atom is 0.240 e. The van der Waals surface area contributed by atoms with E-state index in [-0.39, 0.29) is 35.7 Å². The summed E-state index contributed by atoms with van der Waals surface area (Å²) in [6, 6.07) is 9.35. The molecular formula is C29H34F2N4O2S. The molecule has 1 aromatic heterocycles. The highest BCUT2D eigenvalue weighted by atomic mass is 32.2. The molecule has 9 heteroatoms. The van der Waals surface area contributed by atoms with E-state index in [1.54, 1.807) is 4.68 Å². The number of carbonyl (C=O) groups excluding carboxylic acids is 2. The molecule has 0 radical (unpaired) electrons. The molecular weight excluding hydrogens is 506 g/mol. The predicted molar refractivity (Wildman–Crippen MR) is 148 cm³/mol. The molecule has 2 heterocycles. The standard InChI is InChI=1S/C29H34F2N4O2S/c1-16(2)32-23(36)14-34-24(37)15-38-26(20-10-9-19(30)13-21(20)31)25-27(29(5,6)7)33-35(28(25)34)22-11-8-17(3)12-18(22)4/h8-13,16,26H,14-15H2,1-7H3,(H,32,36)/t26-/m0/s1. The summed E-state index contributed by atoms with van der Waals surface area (Å²) in [5.41, 5.74) is 3.89. The van der Waals surface area contributed by atoms with E-state index in [0.29, 0.717) is 17.1 Å². The molecule has 38 heavy (non-hydrogen) atoms. The average Bonchev–Trinajstić information content (AvgIpc) is 3.12. The highest BCUT2D eigenvalue weighted by Gasteiger charge is 2.40. The molecule has 2 aromatic carbocycles. The van der Waals surface area contributed by atoms with Crippen molar-refractivity contribution in [3.63, 3.8) is 0 Å². The van der Waals surface area contributed by atoms with Crippen molar-refractivity contribution in [1.82, 2.24) is 15.1 Å². The second-order valence-corrected chi connectivity index (χ2v) is 12.2. The third-order valence-corrected chi connectivity index (χ3v) is 7.61. The van der Waals surface area contributed by atoms with Crippen molar-refractivity contribution in [3.05, 3.63) is 76.0 Å². The first kappa shape index (κ1) is 27.8. The zero-order valence-corrected chi connectivity index (χ0v) is 23.7. The van der Waals surface area contributed by atoms with E-state index < -0.39 is 22.3 Å². The van der Waals surface area contributed by atoms with Crippen LogP contribution < -0.4 is 10.2 Å². The van der Waals surface area contributed by atoms with Crippen LogP contribution in [0, 0.1) is 25.5 Å². The van der Waals surface area contributed by atoms with Gasteiger partial charge in [0.2, 0.25) is 11.8 Å². The van der Waals surface area contributed by atoms with E-state index >= 15 is 4.39 Å². The first-order chi connectivity index (χ1) is 17.8. The molecule has 0 saturated carbocycles. The minimum atomic E-state index is -0.689. The van der Waals surface area contributed by atoms with Crippen molar-refractivity contribution in [1.29, 1.82) is 0 Å². The molecule has 0 unspecified atom stereocenters. The van der Waals surface area contributed by atoms with E-state index in [1.807, 2.05) is 66.7 Å². The fourth-order valence-corrected chi connectivity index (χ4v) is 5.97. The molecule has 1 aliphatic rings. The normalized spacial score (nSPS) is 16.0. The summed E-state index contributed by atoms with van der Waals surface area (Å²) < 4.78 is 30.8. The molecule has 1 atom stereocenters. The fourth-order valence-electron chi connectivity index (χ4n) is 4.76. The van der Waals surface area contributed by atoms with Gasteiger partial charge in [0.05, 0.1) is 22.4 Å². The molecule has 3 aromatic rings. The van der Waals surface area contributed by atoms with Crippen LogP contribution in [0.25, 0.3) is 5.69 Å². The molecule has 1 N–H and O–H groups in total. The van der Waals surface area contributed by atoms with Gasteiger partial charge in [-0.3, -0.25) is 14.5 Å². The van der Waals surface area contributed by atoms with Crippen LogP contribution >= 0.6 is 11.8 Å². The van der Waals surface area contributed by atoms with Crippen LogP contribution in [-0.2, 0) is 15.0 Å². The monoisotopic (exact) mass is 540 g/mol. The van der Waals surface area contributed by atoms with Gasteiger partial charge in [0.15, 0.2) is 0 Å². The number of anilines is 1. The molecule has 0 fully saturated rings. The number of nitrogens with one attached hydrogen (secondary N) is 1. The van der Waals surface area contributed by atoms with Crippen LogP contribution in [0.1, 0.15) is 67.8 Å². The lowest BCUT2D eigenvalue weighted by Gasteiger charge is -2.25. The third kappa shape index (κ3) is 5.48. The third-order valence-electron chi connectivity index (χ3n) is 6.38. The number of hydrogen-bond acceptors (Lipinski definition) is 4. The number of benzene rings is 2. The van der Waals surface area contributed by atoms with Gasteiger partial charge in [-0.05, 0) is 45.4 Å². The molecule has 1 aliphatic heterocycles. The lowest BCUT2D eigenvalue weighted by molar-refractivity contribution is -0.123. The Labute approximate surface area is 226 Å². The smallest absolute Gasteiger partial charge is 0.240 e. The Morgan fingerprint density at radius 3 is 2.47 bits per heavy atom. The average molecular weight is 541 g/mol. The highest BCUT2D eigenvalue weighted by molar-refractivity contribution is 8.00.